The first-order valence-corrected chi connectivity index (χ1v) is 7.59. The first-order chi connectivity index (χ1) is 9.56. The molecule has 3 nitrogen and oxygen atoms in total. The van der Waals surface area contributed by atoms with Gasteiger partial charge in [0.25, 0.3) is 0 Å². The fourth-order valence-electron chi connectivity index (χ4n) is 2.63. The topological polar surface area (TPSA) is 29.5 Å². The molecule has 0 spiro atoms. The van der Waals surface area contributed by atoms with Gasteiger partial charge < -0.3 is 4.74 Å². The van der Waals surface area contributed by atoms with Crippen LogP contribution < -0.4 is 4.74 Å². The number of Topliss-reactive ketones (excluding diaryl/α,β-unsaturated/α-hetero) is 1. The lowest BCUT2D eigenvalue weighted by Gasteiger charge is -2.27. The van der Waals surface area contributed by atoms with Crippen LogP contribution in [0.1, 0.15) is 56.0 Å². The van der Waals surface area contributed by atoms with Crippen molar-refractivity contribution in [1.82, 2.24) is 4.90 Å². The van der Waals surface area contributed by atoms with Crippen molar-refractivity contribution >= 4 is 18.2 Å². The number of hydrogen-bond donors (Lipinski definition) is 0. The molecule has 1 aliphatic rings. The zero-order chi connectivity index (χ0) is 14.5. The molecule has 118 valence electrons. The number of halogens is 1. The summed E-state index contributed by atoms with van der Waals surface area (Å²) in [6.45, 7) is 8.88. The number of rotatable bonds is 5. The first kappa shape index (κ1) is 18.0. The third kappa shape index (κ3) is 5.33. The number of ether oxygens (including phenoxy) is 1. The Hall–Kier alpha value is -1.06. The summed E-state index contributed by atoms with van der Waals surface area (Å²) >= 11 is 0. The fourth-order valence-corrected chi connectivity index (χ4v) is 2.63. The number of likely N-dealkylation sites (tertiary alicyclic amines) is 1. The highest BCUT2D eigenvalue weighted by atomic mass is 35.5. The average molecular weight is 312 g/mol. The maximum absolute atomic E-state index is 11.5. The predicted octanol–water partition coefficient (Wildman–Crippen LogP) is 4.08. The third-order valence-electron chi connectivity index (χ3n) is 3.68. The maximum atomic E-state index is 11.5. The molecule has 1 fully saturated rings. The van der Waals surface area contributed by atoms with Gasteiger partial charge in [0.2, 0.25) is 0 Å². The van der Waals surface area contributed by atoms with Crippen molar-refractivity contribution in [3.8, 4) is 5.75 Å². The second-order valence-electron chi connectivity index (χ2n) is 5.88. The quantitative estimate of drug-likeness (QED) is 0.767. The normalized spacial score (nSPS) is 15.6. The molecule has 4 heteroatoms. The van der Waals surface area contributed by atoms with Crippen LogP contribution in [-0.4, -0.2) is 29.9 Å². The third-order valence-corrected chi connectivity index (χ3v) is 3.68. The van der Waals surface area contributed by atoms with Crippen molar-refractivity contribution in [2.75, 3.05) is 13.1 Å². The molecule has 1 heterocycles. The van der Waals surface area contributed by atoms with E-state index in [2.05, 4.69) is 4.90 Å². The summed E-state index contributed by atoms with van der Waals surface area (Å²) in [6, 6.07) is 5.85. The van der Waals surface area contributed by atoms with Gasteiger partial charge in [-0.2, -0.15) is 0 Å². The number of benzene rings is 1. The Bertz CT molecular complexity index is 468. The van der Waals surface area contributed by atoms with E-state index in [4.69, 9.17) is 4.74 Å². The summed E-state index contributed by atoms with van der Waals surface area (Å²) < 4.78 is 5.90. The smallest absolute Gasteiger partial charge is 0.159 e. The Morgan fingerprint density at radius 3 is 2.48 bits per heavy atom. The molecule has 0 radical (unpaired) electrons. The van der Waals surface area contributed by atoms with E-state index in [1.807, 2.05) is 32.0 Å². The Labute approximate surface area is 134 Å². The highest BCUT2D eigenvalue weighted by molar-refractivity contribution is 5.94. The average Bonchev–Trinajstić information content (AvgIpc) is 2.41. The molecule has 0 bridgehead atoms. The van der Waals surface area contributed by atoms with Gasteiger partial charge >= 0.3 is 0 Å². The van der Waals surface area contributed by atoms with Gasteiger partial charge in [0.1, 0.15) is 5.75 Å². The van der Waals surface area contributed by atoms with Crippen molar-refractivity contribution in [2.24, 2.45) is 0 Å². The van der Waals surface area contributed by atoms with Crippen LogP contribution in [0.4, 0.5) is 0 Å². The lowest BCUT2D eigenvalue weighted by molar-refractivity contribution is 0.101. The molecule has 1 aromatic rings. The molecule has 0 saturated carbocycles. The minimum Gasteiger partial charge on any atom is -0.491 e. The van der Waals surface area contributed by atoms with Crippen LogP contribution in [-0.2, 0) is 6.54 Å². The fraction of sp³-hybridized carbons (Fsp3) is 0.588. The molecule has 0 amide bonds. The van der Waals surface area contributed by atoms with Gasteiger partial charge in [-0.25, -0.2) is 0 Å². The standard InChI is InChI=1S/C17H25NO2.ClH/c1-13(2)20-17-11-15(14(3)19)7-8-16(17)12-18-9-5-4-6-10-18;/h7-8,11,13H,4-6,9-10,12H2,1-3H3;1H. The molecule has 21 heavy (non-hydrogen) atoms. The summed E-state index contributed by atoms with van der Waals surface area (Å²) in [7, 11) is 0. The van der Waals surface area contributed by atoms with Gasteiger partial charge in [-0.3, -0.25) is 9.69 Å². The van der Waals surface area contributed by atoms with E-state index in [-0.39, 0.29) is 24.3 Å². The van der Waals surface area contributed by atoms with Crippen LogP contribution >= 0.6 is 12.4 Å². The van der Waals surface area contributed by atoms with Crippen LogP contribution in [0.5, 0.6) is 5.75 Å². The molecule has 1 saturated heterocycles. The summed E-state index contributed by atoms with van der Waals surface area (Å²) in [4.78, 5) is 14.0. The SMILES string of the molecule is CC(=O)c1ccc(CN2CCCCC2)c(OC(C)C)c1.Cl. The zero-order valence-corrected chi connectivity index (χ0v) is 14.0. The van der Waals surface area contributed by atoms with Crippen LogP contribution in [0.2, 0.25) is 0 Å². The number of carbonyl (C=O) groups excluding carboxylic acids is 1. The molecule has 0 aromatic heterocycles. The zero-order valence-electron chi connectivity index (χ0n) is 13.2. The first-order valence-electron chi connectivity index (χ1n) is 7.59. The Morgan fingerprint density at radius 2 is 1.90 bits per heavy atom. The monoisotopic (exact) mass is 311 g/mol. The molecule has 1 aromatic carbocycles. The van der Waals surface area contributed by atoms with Crippen molar-refractivity contribution in [2.45, 2.75) is 52.7 Å². The highest BCUT2D eigenvalue weighted by Crippen LogP contribution is 2.25. The van der Waals surface area contributed by atoms with Gasteiger partial charge in [0, 0.05) is 17.7 Å². The van der Waals surface area contributed by atoms with Crippen LogP contribution in [0.15, 0.2) is 18.2 Å². The molecule has 0 N–H and O–H groups in total. The molecule has 0 atom stereocenters. The van der Waals surface area contributed by atoms with Gasteiger partial charge in [0.15, 0.2) is 5.78 Å². The molecule has 0 aliphatic carbocycles. The lowest BCUT2D eigenvalue weighted by atomic mass is 10.1. The van der Waals surface area contributed by atoms with E-state index in [1.165, 1.54) is 24.8 Å². The van der Waals surface area contributed by atoms with Crippen molar-refractivity contribution in [3.05, 3.63) is 29.3 Å². The molecule has 0 unspecified atom stereocenters. The minimum atomic E-state index is 0. The summed E-state index contributed by atoms with van der Waals surface area (Å²) in [5, 5.41) is 0. The highest BCUT2D eigenvalue weighted by Gasteiger charge is 2.15. The van der Waals surface area contributed by atoms with Crippen LogP contribution in [0, 0.1) is 0 Å². The molecular formula is C17H26ClNO2. The maximum Gasteiger partial charge on any atom is 0.159 e. The lowest BCUT2D eigenvalue weighted by Crippen LogP contribution is -2.29. The molecule has 2 rings (SSSR count). The Balaban J connectivity index is 0.00000220. The van der Waals surface area contributed by atoms with E-state index in [0.717, 1.165) is 30.9 Å². The van der Waals surface area contributed by atoms with Crippen LogP contribution in [0.25, 0.3) is 0 Å². The predicted molar refractivity (Wildman–Crippen MR) is 88.6 cm³/mol. The molecule has 1 aliphatic heterocycles. The Kier molecular flexibility index (Phi) is 7.20. The van der Waals surface area contributed by atoms with Gasteiger partial charge in [-0.1, -0.05) is 18.6 Å². The van der Waals surface area contributed by atoms with Crippen LogP contribution in [0.3, 0.4) is 0 Å². The second-order valence-corrected chi connectivity index (χ2v) is 5.88. The number of ketones is 1. The van der Waals surface area contributed by atoms with Crippen molar-refractivity contribution in [3.63, 3.8) is 0 Å². The molecular weight excluding hydrogens is 286 g/mol. The number of nitrogens with zero attached hydrogens (tertiary/aromatic N) is 1. The van der Waals surface area contributed by atoms with E-state index in [9.17, 15) is 4.79 Å². The van der Waals surface area contributed by atoms with Gasteiger partial charge in [-0.15, -0.1) is 12.4 Å². The van der Waals surface area contributed by atoms with E-state index in [1.54, 1.807) is 6.92 Å². The number of hydrogen-bond acceptors (Lipinski definition) is 3. The second kappa shape index (κ2) is 8.40. The number of piperidine rings is 1. The van der Waals surface area contributed by atoms with Gasteiger partial charge in [0.05, 0.1) is 6.10 Å². The van der Waals surface area contributed by atoms with Gasteiger partial charge in [-0.05, 0) is 52.8 Å². The Morgan fingerprint density at radius 1 is 1.24 bits per heavy atom. The van der Waals surface area contributed by atoms with Crippen molar-refractivity contribution < 1.29 is 9.53 Å². The summed E-state index contributed by atoms with van der Waals surface area (Å²) in [5.74, 6) is 0.946. The minimum absolute atomic E-state index is 0. The van der Waals surface area contributed by atoms with E-state index in [0.29, 0.717) is 0 Å². The summed E-state index contributed by atoms with van der Waals surface area (Å²) in [5.41, 5.74) is 1.91. The van der Waals surface area contributed by atoms with E-state index >= 15 is 0 Å². The largest absolute Gasteiger partial charge is 0.491 e. The summed E-state index contributed by atoms with van der Waals surface area (Å²) in [6.07, 6.45) is 4.03. The van der Waals surface area contributed by atoms with E-state index < -0.39 is 0 Å². The van der Waals surface area contributed by atoms with Crippen molar-refractivity contribution in [1.29, 1.82) is 0 Å². The number of carbonyl (C=O) groups is 1.